The van der Waals surface area contributed by atoms with E-state index in [1.165, 1.54) is 11.1 Å². The van der Waals surface area contributed by atoms with Gasteiger partial charge in [-0.1, -0.05) is 36.8 Å². The Hall–Kier alpha value is -2.00. The summed E-state index contributed by atoms with van der Waals surface area (Å²) in [6.07, 6.45) is 1.12. The lowest BCUT2D eigenvalue weighted by Crippen LogP contribution is -2.14. The number of phenols is 1. The lowest BCUT2D eigenvalue weighted by atomic mass is 10.1. The van der Waals surface area contributed by atoms with Crippen molar-refractivity contribution in [2.75, 3.05) is 6.54 Å². The number of rotatable bonds is 7. The first kappa shape index (κ1) is 15.4. The number of aryl methyl sites for hydroxylation is 1. The van der Waals surface area contributed by atoms with E-state index in [4.69, 9.17) is 4.74 Å². The van der Waals surface area contributed by atoms with E-state index in [9.17, 15) is 5.11 Å². The zero-order chi connectivity index (χ0) is 15.1. The first-order valence-corrected chi connectivity index (χ1v) is 7.40. The highest BCUT2D eigenvalue weighted by atomic mass is 16.5. The molecule has 0 saturated heterocycles. The molecule has 0 amide bonds. The summed E-state index contributed by atoms with van der Waals surface area (Å²) in [7, 11) is 0. The van der Waals surface area contributed by atoms with Crippen molar-refractivity contribution in [3.63, 3.8) is 0 Å². The van der Waals surface area contributed by atoms with Crippen LogP contribution in [0.4, 0.5) is 0 Å². The standard InChI is InChI=1S/C18H23NO2/c1-3-9-19-12-16-10-14(2)7-8-18(16)21-13-15-5-4-6-17(20)11-15/h4-8,10-11,19-20H,3,9,12-13H2,1-2H3. The van der Waals surface area contributed by atoms with Gasteiger partial charge in [-0.3, -0.25) is 0 Å². The second-order valence-electron chi connectivity index (χ2n) is 5.25. The minimum Gasteiger partial charge on any atom is -0.508 e. The summed E-state index contributed by atoms with van der Waals surface area (Å²) >= 11 is 0. The van der Waals surface area contributed by atoms with Crippen molar-refractivity contribution in [2.24, 2.45) is 0 Å². The molecule has 0 spiro atoms. The zero-order valence-corrected chi connectivity index (χ0v) is 12.7. The molecule has 0 heterocycles. The Morgan fingerprint density at radius 1 is 1.14 bits per heavy atom. The lowest BCUT2D eigenvalue weighted by molar-refractivity contribution is 0.301. The third-order valence-electron chi connectivity index (χ3n) is 3.26. The molecule has 2 aromatic rings. The smallest absolute Gasteiger partial charge is 0.124 e. The highest BCUT2D eigenvalue weighted by Gasteiger charge is 2.05. The molecule has 0 fully saturated rings. The largest absolute Gasteiger partial charge is 0.508 e. The average molecular weight is 285 g/mol. The molecule has 0 atom stereocenters. The minimum absolute atomic E-state index is 0.268. The summed E-state index contributed by atoms with van der Waals surface area (Å²) in [5.74, 6) is 1.16. The van der Waals surface area contributed by atoms with Gasteiger partial charge in [0.1, 0.15) is 18.1 Å². The molecule has 0 aromatic heterocycles. The van der Waals surface area contributed by atoms with Crippen LogP contribution in [-0.4, -0.2) is 11.7 Å². The van der Waals surface area contributed by atoms with Crippen LogP contribution in [0.2, 0.25) is 0 Å². The van der Waals surface area contributed by atoms with Gasteiger partial charge in [-0.15, -0.1) is 0 Å². The fraction of sp³-hybridized carbons (Fsp3) is 0.333. The molecule has 2 aromatic carbocycles. The monoisotopic (exact) mass is 285 g/mol. The van der Waals surface area contributed by atoms with Crippen LogP contribution in [-0.2, 0) is 13.2 Å². The molecule has 0 bridgehead atoms. The quantitative estimate of drug-likeness (QED) is 0.761. The molecule has 0 saturated carbocycles. The Balaban J connectivity index is 2.04. The third-order valence-corrected chi connectivity index (χ3v) is 3.26. The molecule has 0 radical (unpaired) electrons. The van der Waals surface area contributed by atoms with Gasteiger partial charge in [-0.2, -0.15) is 0 Å². The maximum absolute atomic E-state index is 9.48. The maximum atomic E-state index is 9.48. The van der Waals surface area contributed by atoms with Gasteiger partial charge in [-0.25, -0.2) is 0 Å². The van der Waals surface area contributed by atoms with Crippen molar-refractivity contribution < 1.29 is 9.84 Å². The highest BCUT2D eigenvalue weighted by Crippen LogP contribution is 2.22. The van der Waals surface area contributed by atoms with Gasteiger partial charge >= 0.3 is 0 Å². The molecule has 0 aliphatic rings. The topological polar surface area (TPSA) is 41.5 Å². The number of hydrogen-bond acceptors (Lipinski definition) is 3. The summed E-state index contributed by atoms with van der Waals surface area (Å²) < 4.78 is 5.91. The number of hydrogen-bond donors (Lipinski definition) is 2. The molecule has 2 rings (SSSR count). The molecule has 2 N–H and O–H groups in total. The van der Waals surface area contributed by atoms with Gasteiger partial charge < -0.3 is 15.2 Å². The van der Waals surface area contributed by atoms with Crippen LogP contribution in [0, 0.1) is 6.92 Å². The van der Waals surface area contributed by atoms with Crippen molar-refractivity contribution in [1.29, 1.82) is 0 Å². The van der Waals surface area contributed by atoms with Crippen LogP contribution in [0.15, 0.2) is 42.5 Å². The third kappa shape index (κ3) is 4.80. The van der Waals surface area contributed by atoms with Crippen LogP contribution in [0.25, 0.3) is 0 Å². The minimum atomic E-state index is 0.268. The number of benzene rings is 2. The Morgan fingerprint density at radius 2 is 2.00 bits per heavy atom. The van der Waals surface area contributed by atoms with Gasteiger partial charge in [0.05, 0.1) is 0 Å². The summed E-state index contributed by atoms with van der Waals surface area (Å²) in [6.45, 7) is 6.51. The van der Waals surface area contributed by atoms with Crippen LogP contribution in [0.3, 0.4) is 0 Å². The van der Waals surface area contributed by atoms with Crippen LogP contribution < -0.4 is 10.1 Å². The molecule has 3 heteroatoms. The van der Waals surface area contributed by atoms with Gasteiger partial charge in [-0.05, 0) is 43.7 Å². The van der Waals surface area contributed by atoms with E-state index in [1.807, 2.05) is 18.2 Å². The summed E-state index contributed by atoms with van der Waals surface area (Å²) in [4.78, 5) is 0. The fourth-order valence-corrected chi connectivity index (χ4v) is 2.19. The first-order chi connectivity index (χ1) is 10.2. The van der Waals surface area contributed by atoms with Gasteiger partial charge in [0.15, 0.2) is 0 Å². The van der Waals surface area contributed by atoms with Crippen molar-refractivity contribution in [1.82, 2.24) is 5.32 Å². The first-order valence-electron chi connectivity index (χ1n) is 7.40. The second-order valence-corrected chi connectivity index (χ2v) is 5.25. The molecular weight excluding hydrogens is 262 g/mol. The fourth-order valence-electron chi connectivity index (χ4n) is 2.19. The van der Waals surface area contributed by atoms with Gasteiger partial charge in [0.2, 0.25) is 0 Å². The Labute approximate surface area is 126 Å². The summed E-state index contributed by atoms with van der Waals surface area (Å²) in [5, 5.41) is 12.9. The number of aromatic hydroxyl groups is 1. The van der Waals surface area contributed by atoms with E-state index in [0.29, 0.717) is 6.61 Å². The molecule has 21 heavy (non-hydrogen) atoms. The van der Waals surface area contributed by atoms with E-state index in [2.05, 4.69) is 31.3 Å². The molecule has 0 unspecified atom stereocenters. The lowest BCUT2D eigenvalue weighted by Gasteiger charge is -2.13. The van der Waals surface area contributed by atoms with Crippen molar-refractivity contribution >= 4 is 0 Å². The van der Waals surface area contributed by atoms with Crippen LogP contribution in [0.5, 0.6) is 11.5 Å². The van der Waals surface area contributed by atoms with E-state index in [-0.39, 0.29) is 5.75 Å². The van der Waals surface area contributed by atoms with E-state index >= 15 is 0 Å². The molecule has 112 valence electrons. The average Bonchev–Trinajstić information content (AvgIpc) is 2.47. The second kappa shape index (κ2) is 7.70. The van der Waals surface area contributed by atoms with Crippen molar-refractivity contribution in [3.8, 4) is 11.5 Å². The van der Waals surface area contributed by atoms with E-state index in [1.54, 1.807) is 12.1 Å². The van der Waals surface area contributed by atoms with E-state index in [0.717, 1.165) is 30.8 Å². The van der Waals surface area contributed by atoms with Crippen molar-refractivity contribution in [2.45, 2.75) is 33.4 Å². The van der Waals surface area contributed by atoms with Gasteiger partial charge in [0, 0.05) is 12.1 Å². The summed E-state index contributed by atoms with van der Waals surface area (Å²) in [5.41, 5.74) is 3.36. The number of nitrogens with one attached hydrogen (secondary N) is 1. The Morgan fingerprint density at radius 3 is 2.76 bits per heavy atom. The maximum Gasteiger partial charge on any atom is 0.124 e. The molecular formula is C18H23NO2. The molecule has 0 aliphatic heterocycles. The Bertz CT molecular complexity index is 581. The van der Waals surface area contributed by atoms with Crippen LogP contribution in [0.1, 0.15) is 30.0 Å². The zero-order valence-electron chi connectivity index (χ0n) is 12.7. The van der Waals surface area contributed by atoms with Crippen molar-refractivity contribution in [3.05, 3.63) is 59.2 Å². The Kier molecular flexibility index (Phi) is 5.64. The SMILES string of the molecule is CCCNCc1cc(C)ccc1OCc1cccc(O)c1. The highest BCUT2D eigenvalue weighted by molar-refractivity contribution is 5.37. The normalized spacial score (nSPS) is 10.6. The van der Waals surface area contributed by atoms with Gasteiger partial charge in [0.25, 0.3) is 0 Å². The number of phenolic OH excluding ortho intramolecular Hbond substituents is 1. The molecule has 0 aliphatic carbocycles. The predicted octanol–water partition coefficient (Wildman–Crippen LogP) is 3.78. The predicted molar refractivity (Wildman–Crippen MR) is 85.6 cm³/mol. The number of ether oxygens (including phenoxy) is 1. The molecule has 3 nitrogen and oxygen atoms in total. The van der Waals surface area contributed by atoms with E-state index < -0.39 is 0 Å². The summed E-state index contributed by atoms with van der Waals surface area (Å²) in [6, 6.07) is 13.4. The van der Waals surface area contributed by atoms with Crippen LogP contribution >= 0.6 is 0 Å².